The molecular weight excluding hydrogens is 354 g/mol. The van der Waals surface area contributed by atoms with Gasteiger partial charge in [-0.1, -0.05) is 0 Å². The predicted molar refractivity (Wildman–Crippen MR) is 104 cm³/mol. The van der Waals surface area contributed by atoms with E-state index in [-0.39, 0.29) is 42.7 Å². The molecule has 4 fully saturated rings. The first kappa shape index (κ1) is 13.2. The molecular formula is C21H29N5O2. The number of carbonyl (C=O) groups excluding carboxylic acids is 2. The highest BCUT2D eigenvalue weighted by atomic mass is 16.2. The average Bonchev–Trinajstić information content (AvgIpc) is 3.40. The number of rotatable bonds is 6. The molecule has 1 aromatic rings. The van der Waals surface area contributed by atoms with Crippen molar-refractivity contribution >= 4 is 17.8 Å². The van der Waals surface area contributed by atoms with Gasteiger partial charge in [-0.05, 0) is 56.4 Å². The molecule has 0 N–H and O–H groups in total. The molecule has 5 rings (SSSR count). The number of hydrogen-bond acceptors (Lipinski definition) is 6. The van der Waals surface area contributed by atoms with Crippen LogP contribution in [0, 0.1) is 23.7 Å². The number of likely N-dealkylation sites (tertiary alicyclic amines) is 1. The van der Waals surface area contributed by atoms with Crippen molar-refractivity contribution in [3.63, 3.8) is 0 Å². The van der Waals surface area contributed by atoms with Crippen molar-refractivity contribution in [1.82, 2.24) is 19.8 Å². The standard InChI is InChI=1S/C21H29N5O2/c27-19-17-15-4-5-16(14-15)18(17)20(28)26(19)9-2-1-8-24-10-12-25(13-11-24)21-22-6-3-7-23-21/h3,6-7,15-18H,1-2,4-5,8-14H2/i3D,4D,5D,8D2. The second-order valence-corrected chi connectivity index (χ2v) is 8.05. The molecule has 2 saturated carbocycles. The Morgan fingerprint density at radius 2 is 1.68 bits per heavy atom. The van der Waals surface area contributed by atoms with Gasteiger partial charge < -0.3 is 4.90 Å². The number of piperazine rings is 1. The normalized spacial score (nSPS) is 40.8. The Hall–Kier alpha value is -2.02. The third-order valence-electron chi connectivity index (χ3n) is 6.53. The highest BCUT2D eigenvalue weighted by Crippen LogP contribution is 2.56. The van der Waals surface area contributed by atoms with E-state index >= 15 is 0 Å². The number of anilines is 1. The summed E-state index contributed by atoms with van der Waals surface area (Å²) in [5, 5.41) is 0. The molecule has 6 unspecified atom stereocenters. The summed E-state index contributed by atoms with van der Waals surface area (Å²) in [4.78, 5) is 39.2. The molecule has 2 aliphatic heterocycles. The van der Waals surface area contributed by atoms with Gasteiger partial charge in [-0.15, -0.1) is 0 Å². The summed E-state index contributed by atoms with van der Waals surface area (Å²) in [5.41, 5.74) is 0. The monoisotopic (exact) mass is 388 g/mol. The van der Waals surface area contributed by atoms with Crippen LogP contribution >= 0.6 is 0 Å². The van der Waals surface area contributed by atoms with Gasteiger partial charge in [0.05, 0.1) is 13.2 Å². The third-order valence-corrected chi connectivity index (χ3v) is 6.53. The fourth-order valence-corrected chi connectivity index (χ4v) is 5.14. The first-order valence-corrected chi connectivity index (χ1v) is 10.2. The Balaban J connectivity index is 1.13. The molecule has 2 saturated heterocycles. The van der Waals surface area contributed by atoms with Crippen molar-refractivity contribution in [2.24, 2.45) is 23.7 Å². The van der Waals surface area contributed by atoms with Crippen molar-refractivity contribution in [2.45, 2.75) is 32.1 Å². The maximum atomic E-state index is 12.9. The molecule has 7 heteroatoms. The van der Waals surface area contributed by atoms with E-state index in [1.165, 1.54) is 17.3 Å². The Kier molecular flexibility index (Phi) is 3.51. The lowest BCUT2D eigenvalue weighted by molar-refractivity contribution is -0.140. The zero-order chi connectivity index (χ0) is 23.5. The van der Waals surface area contributed by atoms with Crippen LogP contribution in [0.4, 0.5) is 5.95 Å². The zero-order valence-corrected chi connectivity index (χ0v) is 15.8. The second-order valence-electron chi connectivity index (χ2n) is 8.05. The van der Waals surface area contributed by atoms with Crippen LogP contribution in [-0.2, 0) is 9.59 Å². The van der Waals surface area contributed by atoms with E-state index in [0.717, 1.165) is 0 Å². The summed E-state index contributed by atoms with van der Waals surface area (Å²) >= 11 is 0. The number of aromatic nitrogens is 2. The summed E-state index contributed by atoms with van der Waals surface area (Å²) in [7, 11) is 0. The van der Waals surface area contributed by atoms with Gasteiger partial charge in [-0.25, -0.2) is 9.97 Å². The van der Waals surface area contributed by atoms with Gasteiger partial charge in [-0.2, -0.15) is 0 Å². The smallest absolute Gasteiger partial charge is 0.233 e. The van der Waals surface area contributed by atoms with E-state index in [0.29, 0.717) is 45.0 Å². The molecule has 0 radical (unpaired) electrons. The van der Waals surface area contributed by atoms with Crippen LogP contribution in [-0.4, -0.2) is 70.8 Å². The maximum Gasteiger partial charge on any atom is 0.233 e. The van der Waals surface area contributed by atoms with Crippen molar-refractivity contribution in [3.05, 3.63) is 18.4 Å². The SMILES string of the molecule is [2H]c1cnc(N2CCN(C([2H])([2H])CCCN3C(=O)C4C5CC(C([2H])C5[2H])C4C3=O)CC2)nc1. The van der Waals surface area contributed by atoms with Crippen LogP contribution in [0.2, 0.25) is 0 Å². The van der Waals surface area contributed by atoms with Crippen LogP contribution in [0.25, 0.3) is 0 Å². The Morgan fingerprint density at radius 3 is 2.32 bits per heavy atom. The molecule has 1 aromatic heterocycles. The van der Waals surface area contributed by atoms with Gasteiger partial charge in [0.2, 0.25) is 17.8 Å². The van der Waals surface area contributed by atoms with Crippen LogP contribution in [0.5, 0.6) is 0 Å². The van der Waals surface area contributed by atoms with Gasteiger partial charge in [-0.3, -0.25) is 19.4 Å². The lowest BCUT2D eigenvalue weighted by Crippen LogP contribution is -2.47. The number of amides is 2. The third kappa shape index (κ3) is 3.09. The molecule has 0 aromatic carbocycles. The largest absolute Gasteiger partial charge is 0.338 e. The first-order valence-electron chi connectivity index (χ1n) is 12.8. The molecule has 0 spiro atoms. The van der Waals surface area contributed by atoms with E-state index in [1.54, 1.807) is 4.90 Å². The molecule has 28 heavy (non-hydrogen) atoms. The van der Waals surface area contributed by atoms with Crippen molar-refractivity contribution < 1.29 is 16.4 Å². The van der Waals surface area contributed by atoms with E-state index in [2.05, 4.69) is 9.97 Å². The molecule has 2 aliphatic carbocycles. The van der Waals surface area contributed by atoms with Gasteiger partial charge in [0, 0.05) is 50.6 Å². The fraction of sp³-hybridized carbons (Fsp3) is 0.714. The summed E-state index contributed by atoms with van der Waals surface area (Å²) in [6.45, 7) is 0.802. The lowest BCUT2D eigenvalue weighted by Gasteiger charge is -2.34. The number of imide groups is 1. The molecule has 4 aliphatic rings. The minimum absolute atomic E-state index is 0.187. The van der Waals surface area contributed by atoms with Crippen LogP contribution in [0.1, 0.15) is 38.9 Å². The average molecular weight is 389 g/mol. The van der Waals surface area contributed by atoms with Gasteiger partial charge in [0.1, 0.15) is 0 Å². The zero-order valence-electron chi connectivity index (χ0n) is 20.8. The first-order chi connectivity index (χ1) is 15.7. The van der Waals surface area contributed by atoms with Crippen molar-refractivity contribution in [3.8, 4) is 0 Å². The lowest BCUT2D eigenvalue weighted by atomic mass is 9.81. The minimum Gasteiger partial charge on any atom is -0.338 e. The number of hydrogen-bond donors (Lipinski definition) is 0. The van der Waals surface area contributed by atoms with Gasteiger partial charge >= 0.3 is 0 Å². The summed E-state index contributed by atoms with van der Waals surface area (Å²) in [6.07, 6.45) is 2.94. The Morgan fingerprint density at radius 1 is 1.04 bits per heavy atom. The molecule has 7 nitrogen and oxygen atoms in total. The summed E-state index contributed by atoms with van der Waals surface area (Å²) in [6, 6.07) is 0.249. The van der Waals surface area contributed by atoms with Crippen molar-refractivity contribution in [1.29, 1.82) is 0 Å². The second kappa shape index (κ2) is 7.43. The van der Waals surface area contributed by atoms with Crippen LogP contribution in [0.15, 0.2) is 18.4 Å². The summed E-state index contributed by atoms with van der Waals surface area (Å²) < 4.78 is 40.9. The highest BCUT2D eigenvalue weighted by molar-refractivity contribution is 6.06. The van der Waals surface area contributed by atoms with Gasteiger partial charge in [0.15, 0.2) is 0 Å². The van der Waals surface area contributed by atoms with Crippen LogP contribution in [0.3, 0.4) is 0 Å². The predicted octanol–water partition coefficient (Wildman–Crippen LogP) is 1.41. The number of carbonyl (C=O) groups is 2. The van der Waals surface area contributed by atoms with E-state index < -0.39 is 31.1 Å². The maximum absolute atomic E-state index is 12.9. The minimum atomic E-state index is -1.56. The fourth-order valence-electron chi connectivity index (χ4n) is 5.14. The van der Waals surface area contributed by atoms with Crippen molar-refractivity contribution in [2.75, 3.05) is 44.1 Å². The van der Waals surface area contributed by atoms with E-state index in [4.69, 9.17) is 6.85 Å². The van der Waals surface area contributed by atoms with E-state index in [1.807, 2.05) is 4.90 Å². The molecule has 150 valence electrons. The Labute approximate surface area is 173 Å². The summed E-state index contributed by atoms with van der Waals surface area (Å²) in [5.74, 6) is -1.14. The molecule has 6 atom stereocenters. The quantitative estimate of drug-likeness (QED) is 0.687. The molecule has 2 amide bonds. The topological polar surface area (TPSA) is 69.6 Å². The number of fused-ring (bicyclic) bond motifs is 5. The molecule has 2 bridgehead atoms. The Bertz CT molecular complexity index is 894. The van der Waals surface area contributed by atoms with Crippen LogP contribution < -0.4 is 4.90 Å². The highest BCUT2D eigenvalue weighted by Gasteiger charge is 2.60. The number of nitrogens with zero attached hydrogens (tertiary/aromatic N) is 5. The van der Waals surface area contributed by atoms with E-state index in [9.17, 15) is 9.59 Å². The molecule has 3 heterocycles. The van der Waals surface area contributed by atoms with Gasteiger partial charge in [0.25, 0.3) is 0 Å².